The number of aryl methyl sites for hydroxylation is 2. The molecule has 2 aliphatic rings. The topological polar surface area (TPSA) is 95.5 Å². The van der Waals surface area contributed by atoms with Gasteiger partial charge < -0.3 is 14.8 Å². The van der Waals surface area contributed by atoms with Crippen molar-refractivity contribution in [2.75, 3.05) is 13.2 Å². The minimum absolute atomic E-state index is 0.00266. The Morgan fingerprint density at radius 3 is 2.81 bits per heavy atom. The number of carbonyl (C=O) groups excluding carboxylic acids is 1. The van der Waals surface area contributed by atoms with Crippen LogP contribution in [0.3, 0.4) is 0 Å². The summed E-state index contributed by atoms with van der Waals surface area (Å²) < 4.78 is 5.22. The Morgan fingerprint density at radius 1 is 1.25 bits per heavy atom. The maximum Gasteiger partial charge on any atom is 0.305 e. The molecule has 1 unspecified atom stereocenters. The Bertz CT molecular complexity index is 980. The summed E-state index contributed by atoms with van der Waals surface area (Å²) in [5.41, 5.74) is 1.16. The van der Waals surface area contributed by atoms with E-state index in [1.54, 1.807) is 11.3 Å². The molecule has 8 heteroatoms. The van der Waals surface area contributed by atoms with Crippen molar-refractivity contribution < 1.29 is 14.6 Å². The van der Waals surface area contributed by atoms with E-state index in [2.05, 4.69) is 9.88 Å². The molecular weight excluding hydrogens is 426 g/mol. The van der Waals surface area contributed by atoms with Gasteiger partial charge in [0.25, 0.3) is 5.56 Å². The Hall–Kier alpha value is -1.77. The molecule has 0 amide bonds. The minimum atomic E-state index is -0.762. The second-order valence-corrected chi connectivity index (χ2v) is 10.3. The Kier molecular flexibility index (Phi) is 7.97. The fourth-order valence-corrected chi connectivity index (χ4v) is 6.33. The lowest BCUT2D eigenvalue weighted by Gasteiger charge is -2.35. The number of aliphatic hydroxyl groups excluding tert-OH is 1. The summed E-state index contributed by atoms with van der Waals surface area (Å²) in [6.07, 6.45) is 10.4. The third-order valence-electron chi connectivity index (χ3n) is 6.65. The van der Waals surface area contributed by atoms with Gasteiger partial charge in [-0.05, 0) is 50.5 Å². The van der Waals surface area contributed by atoms with Crippen LogP contribution in [0.4, 0.5) is 0 Å². The highest BCUT2D eigenvalue weighted by Gasteiger charge is 2.26. The molecule has 2 aromatic rings. The summed E-state index contributed by atoms with van der Waals surface area (Å²) in [4.78, 5) is 36.8. The third kappa shape index (κ3) is 5.58. The van der Waals surface area contributed by atoms with Crippen LogP contribution >= 0.6 is 11.3 Å². The molecule has 32 heavy (non-hydrogen) atoms. The number of nitrogens with one attached hydrogen (secondary N) is 1. The van der Waals surface area contributed by atoms with Crippen molar-refractivity contribution >= 4 is 27.5 Å². The summed E-state index contributed by atoms with van der Waals surface area (Å²) in [5.74, 6) is 0.385. The molecule has 2 aliphatic carbocycles. The highest BCUT2D eigenvalue weighted by Crippen LogP contribution is 2.33. The van der Waals surface area contributed by atoms with Gasteiger partial charge in [0.2, 0.25) is 0 Å². The fraction of sp³-hybridized carbons (Fsp3) is 0.708. The average Bonchev–Trinajstić information content (AvgIpc) is 3.17. The Labute approximate surface area is 193 Å². The number of fused-ring (bicyclic) bond motifs is 3. The van der Waals surface area contributed by atoms with Crippen LogP contribution < -0.4 is 5.56 Å². The third-order valence-corrected chi connectivity index (χ3v) is 7.84. The Balaban J connectivity index is 1.50. The molecule has 7 nitrogen and oxygen atoms in total. The molecule has 4 rings (SSSR count). The summed E-state index contributed by atoms with van der Waals surface area (Å²) in [5, 5.41) is 11.4. The molecule has 0 radical (unpaired) electrons. The number of thiophene rings is 1. The van der Waals surface area contributed by atoms with E-state index in [4.69, 9.17) is 9.72 Å². The first kappa shape index (κ1) is 23.4. The highest BCUT2D eigenvalue weighted by molar-refractivity contribution is 7.18. The molecule has 2 N–H and O–H groups in total. The molecule has 1 fully saturated rings. The van der Waals surface area contributed by atoms with Crippen LogP contribution in [0, 0.1) is 0 Å². The first-order chi connectivity index (χ1) is 15.5. The molecule has 0 bridgehead atoms. The first-order valence-electron chi connectivity index (χ1n) is 12.2. The molecule has 2 heterocycles. The van der Waals surface area contributed by atoms with Gasteiger partial charge in [-0.3, -0.25) is 14.5 Å². The second-order valence-electron chi connectivity index (χ2n) is 9.21. The Morgan fingerprint density at radius 2 is 2.03 bits per heavy atom. The van der Waals surface area contributed by atoms with Crippen LogP contribution in [0.25, 0.3) is 10.2 Å². The van der Waals surface area contributed by atoms with Crippen LogP contribution in [-0.4, -0.2) is 51.2 Å². The minimum Gasteiger partial charge on any atom is -0.463 e. The number of ether oxygens (including phenoxy) is 1. The van der Waals surface area contributed by atoms with Gasteiger partial charge in [-0.15, -0.1) is 11.3 Å². The number of hydrogen-bond acceptors (Lipinski definition) is 7. The SMILES string of the molecule is CCCC(=O)OCC(O)CN(Cc1nc2sc3c(c2c(=O)[nH]1)CCCC3)C1CCCCC1. The lowest BCUT2D eigenvalue weighted by atomic mass is 9.94. The molecule has 2 aromatic heterocycles. The number of aliphatic hydroxyl groups is 1. The fourth-order valence-electron chi connectivity index (χ4n) is 5.05. The van der Waals surface area contributed by atoms with Crippen molar-refractivity contribution in [1.29, 1.82) is 0 Å². The lowest BCUT2D eigenvalue weighted by Crippen LogP contribution is -2.43. The van der Waals surface area contributed by atoms with Gasteiger partial charge in [-0.1, -0.05) is 26.2 Å². The monoisotopic (exact) mass is 461 g/mol. The molecule has 0 aromatic carbocycles. The van der Waals surface area contributed by atoms with Crippen LogP contribution in [0.5, 0.6) is 0 Å². The number of rotatable bonds is 9. The van der Waals surface area contributed by atoms with Crippen LogP contribution in [-0.2, 0) is 28.9 Å². The summed E-state index contributed by atoms with van der Waals surface area (Å²) in [6.45, 7) is 2.81. The zero-order valence-corrected chi connectivity index (χ0v) is 19.8. The summed E-state index contributed by atoms with van der Waals surface area (Å²) in [6, 6.07) is 0.335. The summed E-state index contributed by atoms with van der Waals surface area (Å²) in [7, 11) is 0. The van der Waals surface area contributed by atoms with E-state index < -0.39 is 6.10 Å². The van der Waals surface area contributed by atoms with Crippen molar-refractivity contribution in [3.63, 3.8) is 0 Å². The number of carbonyl (C=O) groups is 1. The van der Waals surface area contributed by atoms with Gasteiger partial charge in [0.05, 0.1) is 11.9 Å². The van der Waals surface area contributed by atoms with E-state index in [1.165, 1.54) is 36.1 Å². The maximum absolute atomic E-state index is 12.9. The number of nitrogens with zero attached hydrogens (tertiary/aromatic N) is 2. The van der Waals surface area contributed by atoms with Crippen LogP contribution in [0.2, 0.25) is 0 Å². The largest absolute Gasteiger partial charge is 0.463 e. The first-order valence-corrected chi connectivity index (χ1v) is 13.0. The average molecular weight is 462 g/mol. The number of esters is 1. The number of aromatic amines is 1. The zero-order chi connectivity index (χ0) is 22.5. The normalized spacial score (nSPS) is 18.1. The van der Waals surface area contributed by atoms with E-state index in [-0.39, 0.29) is 18.1 Å². The van der Waals surface area contributed by atoms with Gasteiger partial charge in [-0.25, -0.2) is 4.98 Å². The molecule has 1 atom stereocenters. The molecular formula is C24H35N3O4S. The van der Waals surface area contributed by atoms with Gasteiger partial charge >= 0.3 is 5.97 Å². The molecule has 0 spiro atoms. The smallest absolute Gasteiger partial charge is 0.305 e. The van der Waals surface area contributed by atoms with Crippen molar-refractivity contribution in [2.24, 2.45) is 0 Å². The van der Waals surface area contributed by atoms with Crippen molar-refractivity contribution in [3.05, 3.63) is 26.6 Å². The van der Waals surface area contributed by atoms with E-state index in [9.17, 15) is 14.7 Å². The maximum atomic E-state index is 12.9. The number of hydrogen-bond donors (Lipinski definition) is 2. The second kappa shape index (κ2) is 10.9. The van der Waals surface area contributed by atoms with E-state index in [0.29, 0.717) is 31.4 Å². The zero-order valence-electron chi connectivity index (χ0n) is 19.0. The van der Waals surface area contributed by atoms with Crippen molar-refractivity contribution in [1.82, 2.24) is 14.9 Å². The predicted molar refractivity (Wildman–Crippen MR) is 126 cm³/mol. The molecule has 0 aliphatic heterocycles. The molecule has 0 saturated heterocycles. The van der Waals surface area contributed by atoms with E-state index in [0.717, 1.165) is 48.7 Å². The highest BCUT2D eigenvalue weighted by atomic mass is 32.1. The quantitative estimate of drug-likeness (QED) is 0.553. The summed E-state index contributed by atoms with van der Waals surface area (Å²) >= 11 is 1.66. The van der Waals surface area contributed by atoms with Crippen LogP contribution in [0.1, 0.15) is 81.0 Å². The number of aromatic nitrogens is 2. The predicted octanol–water partition coefficient (Wildman–Crippen LogP) is 3.70. The van der Waals surface area contributed by atoms with Crippen molar-refractivity contribution in [3.8, 4) is 0 Å². The van der Waals surface area contributed by atoms with Gasteiger partial charge in [0, 0.05) is 23.9 Å². The van der Waals surface area contributed by atoms with Crippen LogP contribution in [0.15, 0.2) is 4.79 Å². The molecule has 176 valence electrons. The number of H-pyrrole nitrogens is 1. The lowest BCUT2D eigenvalue weighted by molar-refractivity contribution is -0.147. The van der Waals surface area contributed by atoms with E-state index >= 15 is 0 Å². The van der Waals surface area contributed by atoms with Gasteiger partial charge in [0.1, 0.15) is 23.4 Å². The molecule has 1 saturated carbocycles. The van der Waals surface area contributed by atoms with Gasteiger partial charge in [0.15, 0.2) is 0 Å². The standard InChI is InChI=1S/C24H35N3O4S/c1-2-8-21(29)31-15-17(28)13-27(16-9-4-3-5-10-16)14-20-25-23(30)22-18-11-6-7-12-19(18)32-24(22)26-20/h16-17,28H,2-15H2,1H3,(H,25,26,30). The van der Waals surface area contributed by atoms with Crippen molar-refractivity contribution in [2.45, 2.75) is 96.2 Å². The van der Waals surface area contributed by atoms with Gasteiger partial charge in [-0.2, -0.15) is 0 Å². The van der Waals surface area contributed by atoms with E-state index in [1.807, 2.05) is 6.92 Å².